The highest BCUT2D eigenvalue weighted by molar-refractivity contribution is 7.92. The Morgan fingerprint density at radius 3 is 2.14 bits per heavy atom. The molecule has 0 aliphatic heterocycles. The molecule has 3 rings (SSSR count). The number of aryl methyl sites for hydroxylation is 1. The molecule has 0 aliphatic carbocycles. The van der Waals surface area contributed by atoms with E-state index in [0.29, 0.717) is 0 Å². The van der Waals surface area contributed by atoms with Crippen molar-refractivity contribution >= 4 is 67.8 Å². The number of carbonyl (C=O) groups is 2. The number of anilines is 2. The van der Waals surface area contributed by atoms with Crippen molar-refractivity contribution in [1.29, 1.82) is 0 Å². The lowest BCUT2D eigenvalue weighted by atomic mass is 10.2. The second-order valence-electron chi connectivity index (χ2n) is 7.65. The third-order valence-corrected chi connectivity index (χ3v) is 8.29. The number of rotatable bonds is 7. The Bertz CT molecular complexity index is 1390. The van der Waals surface area contributed by atoms with E-state index >= 15 is 0 Å². The lowest BCUT2D eigenvalue weighted by Gasteiger charge is -2.18. The summed E-state index contributed by atoms with van der Waals surface area (Å²) in [5, 5.41) is 14.1. The summed E-state index contributed by atoms with van der Waals surface area (Å²) in [6.45, 7) is 3.33. The number of hydrogen-bond acceptors (Lipinski definition) is 5. The van der Waals surface area contributed by atoms with E-state index in [1.165, 1.54) is 30.3 Å². The Morgan fingerprint density at radius 1 is 0.914 bits per heavy atom. The summed E-state index contributed by atoms with van der Waals surface area (Å²) < 4.78 is 26.1. The number of hydrogen-bond donors (Lipinski definition) is 3. The Labute approximate surface area is 217 Å². The van der Waals surface area contributed by atoms with Gasteiger partial charge in [0.15, 0.2) is 9.84 Å². The molecule has 35 heavy (non-hydrogen) atoms. The molecule has 0 heterocycles. The van der Waals surface area contributed by atoms with Gasteiger partial charge in [-0.1, -0.05) is 59.9 Å². The van der Waals surface area contributed by atoms with Gasteiger partial charge in [-0.25, -0.2) is 8.42 Å². The van der Waals surface area contributed by atoms with E-state index in [0.717, 1.165) is 11.6 Å². The molecule has 1 unspecified atom stereocenters. The molecule has 0 saturated carbocycles. The van der Waals surface area contributed by atoms with Crippen molar-refractivity contribution in [3.8, 4) is 5.75 Å². The molecule has 0 fully saturated rings. The van der Waals surface area contributed by atoms with Crippen LogP contribution in [0.3, 0.4) is 0 Å². The van der Waals surface area contributed by atoms with Crippen LogP contribution in [0.15, 0.2) is 59.5 Å². The van der Waals surface area contributed by atoms with Gasteiger partial charge in [0.2, 0.25) is 5.91 Å². The molecule has 3 aromatic carbocycles. The van der Waals surface area contributed by atoms with Crippen LogP contribution in [-0.4, -0.2) is 30.6 Å². The molecule has 1 atom stereocenters. The van der Waals surface area contributed by atoms with Gasteiger partial charge in [0.1, 0.15) is 11.0 Å². The fourth-order valence-corrected chi connectivity index (χ4v) is 5.88. The van der Waals surface area contributed by atoms with Crippen LogP contribution in [-0.2, 0) is 14.6 Å². The van der Waals surface area contributed by atoms with E-state index in [2.05, 4.69) is 10.6 Å². The number of sulfone groups is 1. The number of phenolic OH excluding ortho intramolecular Hbond substituents is 1. The minimum atomic E-state index is -3.98. The fourth-order valence-electron chi connectivity index (χ4n) is 3.37. The minimum absolute atomic E-state index is 0.0101. The van der Waals surface area contributed by atoms with Gasteiger partial charge in [0, 0.05) is 6.07 Å². The van der Waals surface area contributed by atoms with Gasteiger partial charge in [0.25, 0.3) is 5.91 Å². The first-order valence-corrected chi connectivity index (χ1v) is 13.0. The van der Waals surface area contributed by atoms with Gasteiger partial charge in [0.05, 0.1) is 36.9 Å². The van der Waals surface area contributed by atoms with Crippen LogP contribution >= 0.6 is 34.8 Å². The van der Waals surface area contributed by atoms with Crippen molar-refractivity contribution in [1.82, 2.24) is 0 Å². The SMILES string of the molecule is CCC(C(=O)Nc1cc(O)c(NC(=O)c2c(Cl)cccc2Cl)cc1Cl)S(=O)(=O)c1cccc(C)c1. The summed E-state index contributed by atoms with van der Waals surface area (Å²) >= 11 is 18.4. The number of halogens is 3. The molecule has 0 aliphatic rings. The summed E-state index contributed by atoms with van der Waals surface area (Å²) in [6, 6.07) is 13.2. The Morgan fingerprint density at radius 2 is 1.54 bits per heavy atom. The highest BCUT2D eigenvalue weighted by Gasteiger charge is 2.33. The zero-order valence-electron chi connectivity index (χ0n) is 18.6. The maximum atomic E-state index is 13.1. The molecule has 3 aromatic rings. The summed E-state index contributed by atoms with van der Waals surface area (Å²) in [4.78, 5) is 25.5. The molecule has 0 saturated heterocycles. The second-order valence-corrected chi connectivity index (χ2v) is 11.0. The number of phenols is 1. The molecule has 2 amide bonds. The molecular weight excluding hydrogens is 535 g/mol. The van der Waals surface area contributed by atoms with E-state index in [9.17, 15) is 23.1 Å². The number of nitrogens with one attached hydrogen (secondary N) is 2. The maximum absolute atomic E-state index is 13.1. The normalized spacial score (nSPS) is 12.1. The standard InChI is InChI=1S/C24H21Cl3N2O5S/c1-3-21(35(33,34)14-7-4-6-13(2)10-14)23(31)28-18-12-20(30)19(11-17(18)27)29-24(32)22-15(25)8-5-9-16(22)26/h4-12,21,30H,3H2,1-2H3,(H,28,31)(H,29,32). The van der Waals surface area contributed by atoms with Crippen molar-refractivity contribution in [2.45, 2.75) is 30.4 Å². The molecule has 0 aromatic heterocycles. The van der Waals surface area contributed by atoms with Crippen LogP contribution in [0.25, 0.3) is 0 Å². The molecule has 7 nitrogen and oxygen atoms in total. The summed E-state index contributed by atoms with van der Waals surface area (Å²) in [5.74, 6) is -1.91. The largest absolute Gasteiger partial charge is 0.506 e. The second kappa shape index (κ2) is 10.9. The predicted molar refractivity (Wildman–Crippen MR) is 139 cm³/mol. The highest BCUT2D eigenvalue weighted by Crippen LogP contribution is 2.35. The number of aromatic hydroxyl groups is 1. The van der Waals surface area contributed by atoms with Gasteiger partial charge in [-0.05, 0) is 49.2 Å². The highest BCUT2D eigenvalue weighted by atomic mass is 35.5. The first-order chi connectivity index (χ1) is 16.4. The monoisotopic (exact) mass is 554 g/mol. The minimum Gasteiger partial charge on any atom is -0.506 e. The van der Waals surface area contributed by atoms with E-state index in [4.69, 9.17) is 34.8 Å². The summed E-state index contributed by atoms with van der Waals surface area (Å²) in [5.41, 5.74) is 0.662. The van der Waals surface area contributed by atoms with E-state index in [-0.39, 0.29) is 43.3 Å². The molecule has 3 N–H and O–H groups in total. The van der Waals surface area contributed by atoms with Crippen molar-refractivity contribution in [3.63, 3.8) is 0 Å². The Balaban J connectivity index is 1.84. The first-order valence-electron chi connectivity index (χ1n) is 10.3. The molecule has 0 bridgehead atoms. The Hall–Kier alpha value is -2.78. The summed E-state index contributed by atoms with van der Waals surface area (Å²) in [6.07, 6.45) is 0.0123. The van der Waals surface area contributed by atoms with Gasteiger partial charge >= 0.3 is 0 Å². The Kier molecular flexibility index (Phi) is 8.33. The van der Waals surface area contributed by atoms with Crippen LogP contribution in [0.2, 0.25) is 15.1 Å². The van der Waals surface area contributed by atoms with E-state index < -0.39 is 32.7 Å². The number of carbonyl (C=O) groups excluding carboxylic acids is 2. The third-order valence-electron chi connectivity index (χ3n) is 5.14. The number of amides is 2. The van der Waals surface area contributed by atoms with E-state index in [1.807, 2.05) is 0 Å². The zero-order chi connectivity index (χ0) is 25.9. The maximum Gasteiger partial charge on any atom is 0.258 e. The van der Waals surface area contributed by atoms with Crippen LogP contribution in [0.5, 0.6) is 5.75 Å². The van der Waals surface area contributed by atoms with Crippen LogP contribution in [0.4, 0.5) is 11.4 Å². The first kappa shape index (κ1) is 26.8. The van der Waals surface area contributed by atoms with Gasteiger partial charge < -0.3 is 15.7 Å². The van der Waals surface area contributed by atoms with Gasteiger partial charge in [-0.3, -0.25) is 9.59 Å². The molecule has 11 heteroatoms. The molecule has 0 radical (unpaired) electrons. The third kappa shape index (κ3) is 5.90. The summed E-state index contributed by atoms with van der Waals surface area (Å²) in [7, 11) is -3.98. The fraction of sp³-hybridized carbons (Fsp3) is 0.167. The number of benzene rings is 3. The predicted octanol–water partition coefficient (Wildman–Crippen LogP) is 6.10. The zero-order valence-corrected chi connectivity index (χ0v) is 21.7. The molecule has 0 spiro atoms. The average molecular weight is 556 g/mol. The van der Waals surface area contributed by atoms with Crippen molar-refractivity contribution in [3.05, 3.63) is 80.8 Å². The lowest BCUT2D eigenvalue weighted by Crippen LogP contribution is -2.34. The van der Waals surface area contributed by atoms with Crippen molar-refractivity contribution in [2.75, 3.05) is 10.6 Å². The quantitative estimate of drug-likeness (QED) is 0.305. The van der Waals surface area contributed by atoms with Crippen LogP contribution in [0.1, 0.15) is 29.3 Å². The molecular formula is C24H21Cl3N2O5S. The van der Waals surface area contributed by atoms with Gasteiger partial charge in [-0.2, -0.15) is 0 Å². The van der Waals surface area contributed by atoms with Crippen LogP contribution < -0.4 is 10.6 Å². The van der Waals surface area contributed by atoms with E-state index in [1.54, 1.807) is 32.0 Å². The van der Waals surface area contributed by atoms with Gasteiger partial charge in [-0.15, -0.1) is 0 Å². The lowest BCUT2D eigenvalue weighted by molar-refractivity contribution is -0.115. The molecule has 184 valence electrons. The van der Waals surface area contributed by atoms with Crippen molar-refractivity contribution in [2.24, 2.45) is 0 Å². The average Bonchev–Trinajstić information content (AvgIpc) is 2.77. The van der Waals surface area contributed by atoms with Crippen LogP contribution in [0, 0.1) is 6.92 Å². The topological polar surface area (TPSA) is 113 Å². The smallest absolute Gasteiger partial charge is 0.258 e. The van der Waals surface area contributed by atoms with Crippen molar-refractivity contribution < 1.29 is 23.1 Å².